The first-order valence-electron chi connectivity index (χ1n) is 10.5. The molecular weight excluding hydrogens is 434 g/mol. The normalized spacial score (nSPS) is 21.9. The summed E-state index contributed by atoms with van der Waals surface area (Å²) < 4.78 is 5.77. The van der Waals surface area contributed by atoms with Crippen molar-refractivity contribution in [3.05, 3.63) is 101 Å². The lowest BCUT2D eigenvalue weighted by molar-refractivity contribution is -0.136. The Morgan fingerprint density at radius 3 is 2.42 bits per heavy atom. The van der Waals surface area contributed by atoms with E-state index in [1.165, 1.54) is 0 Å². The highest BCUT2D eigenvalue weighted by Crippen LogP contribution is 2.55. The third-order valence-electron chi connectivity index (χ3n) is 6.33. The number of fused-ring (bicyclic) bond motifs is 3. The number of anilines is 1. The van der Waals surface area contributed by atoms with Crippen molar-refractivity contribution >= 4 is 29.3 Å². The Kier molecular flexibility index (Phi) is 5.13. The van der Waals surface area contributed by atoms with E-state index in [1.54, 1.807) is 24.3 Å². The summed E-state index contributed by atoms with van der Waals surface area (Å²) in [6, 6.07) is 26.5. The predicted molar refractivity (Wildman–Crippen MR) is 125 cm³/mol. The van der Waals surface area contributed by atoms with Gasteiger partial charge in [-0.3, -0.25) is 0 Å². The molecule has 1 saturated heterocycles. The second kappa shape index (κ2) is 8.13. The van der Waals surface area contributed by atoms with E-state index >= 15 is 0 Å². The molecular formula is C27H18ClN3O2. The smallest absolute Gasteiger partial charge is 0.334 e. The maximum absolute atomic E-state index is 13.7. The first kappa shape index (κ1) is 20.8. The average Bonchev–Trinajstić information content (AvgIpc) is 3.16. The van der Waals surface area contributed by atoms with Crippen LogP contribution in [0, 0.1) is 28.1 Å². The molecule has 0 spiro atoms. The molecule has 33 heavy (non-hydrogen) atoms. The predicted octanol–water partition coefficient (Wildman–Crippen LogP) is 5.35. The van der Waals surface area contributed by atoms with Gasteiger partial charge in [-0.25, -0.2) is 4.79 Å². The highest BCUT2D eigenvalue weighted by atomic mass is 35.5. The first-order valence-corrected chi connectivity index (χ1v) is 10.9. The molecule has 2 aliphatic rings. The molecule has 0 aliphatic carbocycles. The van der Waals surface area contributed by atoms with E-state index in [-0.39, 0.29) is 0 Å². The van der Waals surface area contributed by atoms with Crippen molar-refractivity contribution in [3.8, 4) is 17.9 Å². The van der Waals surface area contributed by atoms with Crippen LogP contribution in [0.3, 0.4) is 0 Å². The standard InChI is InChI=1S/C27H18ClN3O2/c28-20-10-6-11-21(15-20)33-26(32)25-24(19-8-2-1-3-9-19)27(16-29,17-30)23-14-13-18-7-4-5-12-22(18)31(23)25/h1-15,23-25H/t23-,24+,25-/m0/s1. The minimum absolute atomic E-state index is 0.308. The zero-order chi connectivity index (χ0) is 23.0. The van der Waals surface area contributed by atoms with E-state index in [4.69, 9.17) is 16.3 Å². The molecule has 0 bridgehead atoms. The third-order valence-corrected chi connectivity index (χ3v) is 6.57. The van der Waals surface area contributed by atoms with Gasteiger partial charge in [-0.1, -0.05) is 78.4 Å². The Balaban J connectivity index is 1.70. The van der Waals surface area contributed by atoms with Crippen molar-refractivity contribution in [1.29, 1.82) is 10.5 Å². The Bertz CT molecular complexity index is 1330. The molecule has 0 radical (unpaired) electrons. The van der Waals surface area contributed by atoms with Gasteiger partial charge in [0.25, 0.3) is 0 Å². The summed E-state index contributed by atoms with van der Waals surface area (Å²) >= 11 is 6.08. The van der Waals surface area contributed by atoms with Crippen LogP contribution in [-0.4, -0.2) is 18.1 Å². The molecule has 3 atom stereocenters. The monoisotopic (exact) mass is 451 g/mol. The summed E-state index contributed by atoms with van der Waals surface area (Å²) in [6.07, 6.45) is 3.75. The zero-order valence-corrected chi connectivity index (χ0v) is 18.2. The van der Waals surface area contributed by atoms with Crippen molar-refractivity contribution in [1.82, 2.24) is 0 Å². The number of carbonyl (C=O) groups excluding carboxylic acids is 1. The maximum atomic E-state index is 13.7. The lowest BCUT2D eigenvalue weighted by Gasteiger charge is -2.35. The number of esters is 1. The fourth-order valence-corrected chi connectivity index (χ4v) is 5.13. The van der Waals surface area contributed by atoms with Gasteiger partial charge in [0.1, 0.15) is 11.8 Å². The Morgan fingerprint density at radius 2 is 1.70 bits per heavy atom. The number of nitrogens with zero attached hydrogens (tertiary/aromatic N) is 3. The molecule has 0 N–H and O–H groups in total. The quantitative estimate of drug-likeness (QED) is 0.396. The molecule has 0 saturated carbocycles. The molecule has 0 unspecified atom stereocenters. The molecule has 0 amide bonds. The molecule has 2 aliphatic heterocycles. The number of carbonyl (C=O) groups is 1. The highest BCUT2D eigenvalue weighted by molar-refractivity contribution is 6.30. The van der Waals surface area contributed by atoms with E-state index in [0.717, 1.165) is 16.8 Å². The second-order valence-corrected chi connectivity index (χ2v) is 8.51. The van der Waals surface area contributed by atoms with Crippen LogP contribution in [0.25, 0.3) is 6.08 Å². The minimum atomic E-state index is -1.50. The summed E-state index contributed by atoms with van der Waals surface area (Å²) in [5.41, 5.74) is 0.928. The van der Waals surface area contributed by atoms with Gasteiger partial charge in [-0.05, 0) is 35.4 Å². The number of nitriles is 2. The van der Waals surface area contributed by atoms with Crippen LogP contribution in [0.5, 0.6) is 5.75 Å². The number of benzene rings is 3. The Hall–Kier alpha value is -4.06. The van der Waals surface area contributed by atoms with Gasteiger partial charge in [0.15, 0.2) is 5.41 Å². The van der Waals surface area contributed by atoms with Crippen molar-refractivity contribution in [3.63, 3.8) is 0 Å². The van der Waals surface area contributed by atoms with Crippen molar-refractivity contribution in [2.45, 2.75) is 18.0 Å². The van der Waals surface area contributed by atoms with Crippen LogP contribution in [0.2, 0.25) is 5.02 Å². The Morgan fingerprint density at radius 1 is 0.970 bits per heavy atom. The summed E-state index contributed by atoms with van der Waals surface area (Å²) in [5, 5.41) is 21.2. The fourth-order valence-electron chi connectivity index (χ4n) is 4.95. The van der Waals surface area contributed by atoms with Gasteiger partial charge in [0.2, 0.25) is 0 Å². The molecule has 0 aromatic heterocycles. The van der Waals surface area contributed by atoms with E-state index in [1.807, 2.05) is 71.6 Å². The number of ether oxygens (including phenoxy) is 1. The summed E-state index contributed by atoms with van der Waals surface area (Å²) in [5.74, 6) is -0.974. The van der Waals surface area contributed by atoms with Crippen molar-refractivity contribution in [2.75, 3.05) is 4.90 Å². The van der Waals surface area contributed by atoms with Crippen LogP contribution in [0.4, 0.5) is 5.69 Å². The van der Waals surface area contributed by atoms with Gasteiger partial charge < -0.3 is 9.64 Å². The average molecular weight is 452 g/mol. The van der Waals surface area contributed by atoms with Crippen molar-refractivity contribution in [2.24, 2.45) is 5.41 Å². The fraction of sp³-hybridized carbons (Fsp3) is 0.148. The minimum Gasteiger partial charge on any atom is -0.425 e. The van der Waals surface area contributed by atoms with Crippen LogP contribution in [0.1, 0.15) is 17.0 Å². The molecule has 3 aromatic rings. The summed E-state index contributed by atoms with van der Waals surface area (Å²) in [6.45, 7) is 0. The highest BCUT2D eigenvalue weighted by Gasteiger charge is 2.64. The van der Waals surface area contributed by atoms with Crippen LogP contribution in [0.15, 0.2) is 84.9 Å². The lowest BCUT2D eigenvalue weighted by Crippen LogP contribution is -2.45. The second-order valence-electron chi connectivity index (χ2n) is 8.07. The number of hydrogen-bond acceptors (Lipinski definition) is 5. The van der Waals surface area contributed by atoms with Crippen LogP contribution in [-0.2, 0) is 4.79 Å². The third kappa shape index (κ3) is 3.26. The Labute approximate surface area is 196 Å². The number of rotatable bonds is 3. The summed E-state index contributed by atoms with van der Waals surface area (Å²) in [4.78, 5) is 15.6. The molecule has 1 fully saturated rings. The molecule has 6 heteroatoms. The molecule has 3 aromatic carbocycles. The van der Waals surface area contributed by atoms with E-state index < -0.39 is 29.4 Å². The van der Waals surface area contributed by atoms with Crippen molar-refractivity contribution < 1.29 is 9.53 Å². The number of para-hydroxylation sites is 1. The van der Waals surface area contributed by atoms with Crippen LogP contribution < -0.4 is 9.64 Å². The van der Waals surface area contributed by atoms with Gasteiger partial charge in [0, 0.05) is 16.6 Å². The van der Waals surface area contributed by atoms with E-state index in [0.29, 0.717) is 10.8 Å². The topological polar surface area (TPSA) is 77.1 Å². The molecule has 5 nitrogen and oxygen atoms in total. The van der Waals surface area contributed by atoms with Gasteiger partial charge >= 0.3 is 5.97 Å². The maximum Gasteiger partial charge on any atom is 0.334 e. The largest absolute Gasteiger partial charge is 0.425 e. The molecule has 5 rings (SSSR count). The van der Waals surface area contributed by atoms with Crippen LogP contribution >= 0.6 is 11.6 Å². The molecule has 2 heterocycles. The summed E-state index contributed by atoms with van der Waals surface area (Å²) in [7, 11) is 0. The molecule has 160 valence electrons. The van der Waals surface area contributed by atoms with Gasteiger partial charge in [-0.15, -0.1) is 0 Å². The van der Waals surface area contributed by atoms with E-state index in [9.17, 15) is 15.3 Å². The number of hydrogen-bond donors (Lipinski definition) is 0. The van der Waals surface area contributed by atoms with E-state index in [2.05, 4.69) is 12.1 Å². The van der Waals surface area contributed by atoms with Gasteiger partial charge in [-0.2, -0.15) is 10.5 Å². The lowest BCUT2D eigenvalue weighted by atomic mass is 9.70. The number of halogens is 1. The first-order chi connectivity index (χ1) is 16.1. The zero-order valence-electron chi connectivity index (χ0n) is 17.4. The SMILES string of the molecule is N#CC1(C#N)[C@H](c2ccccc2)[C@@H](C(=O)Oc2cccc(Cl)c2)N2c3ccccc3C=C[C@H]21. The van der Waals surface area contributed by atoms with Gasteiger partial charge in [0.05, 0.1) is 18.2 Å².